The summed E-state index contributed by atoms with van der Waals surface area (Å²) >= 11 is 3.16. The van der Waals surface area contributed by atoms with Gasteiger partial charge < -0.3 is 4.52 Å². The molecule has 66 valence electrons. The molecule has 1 aromatic heterocycles. The Morgan fingerprint density at radius 3 is 2.85 bits per heavy atom. The molecule has 2 aromatic rings. The van der Waals surface area contributed by atoms with E-state index in [0.717, 1.165) is 6.39 Å². The number of aromatic nitrogens is 2. The van der Waals surface area contributed by atoms with E-state index in [4.69, 9.17) is 0 Å². The molecular weight excluding hydrogens is 239 g/mol. The Bertz CT molecular complexity index is 416. The summed E-state index contributed by atoms with van der Waals surface area (Å²) in [6.45, 7) is 0. The number of halogens is 2. The first-order chi connectivity index (χ1) is 6.27. The Hall–Kier alpha value is -1.23. The van der Waals surface area contributed by atoms with Crippen LogP contribution in [0, 0.1) is 5.82 Å². The van der Waals surface area contributed by atoms with Crippen LogP contribution in [0.25, 0.3) is 11.4 Å². The van der Waals surface area contributed by atoms with Crippen LogP contribution in [-0.2, 0) is 0 Å². The van der Waals surface area contributed by atoms with Gasteiger partial charge in [0, 0.05) is 4.47 Å². The molecule has 1 heterocycles. The first-order valence-electron chi connectivity index (χ1n) is 3.49. The molecule has 2 rings (SSSR count). The summed E-state index contributed by atoms with van der Waals surface area (Å²) in [5.41, 5.74) is 0.331. The van der Waals surface area contributed by atoms with Crippen LogP contribution in [0.2, 0.25) is 0 Å². The van der Waals surface area contributed by atoms with Crippen molar-refractivity contribution >= 4 is 15.9 Å². The van der Waals surface area contributed by atoms with Crippen LogP contribution in [0.4, 0.5) is 4.39 Å². The van der Waals surface area contributed by atoms with Crippen LogP contribution >= 0.6 is 15.9 Å². The van der Waals surface area contributed by atoms with Gasteiger partial charge in [-0.1, -0.05) is 21.1 Å². The second-order valence-electron chi connectivity index (χ2n) is 2.38. The maximum atomic E-state index is 13.3. The van der Waals surface area contributed by atoms with Crippen LogP contribution in [0.15, 0.2) is 33.6 Å². The number of nitrogens with zero attached hydrogens (tertiary/aromatic N) is 2. The highest BCUT2D eigenvalue weighted by Crippen LogP contribution is 2.22. The van der Waals surface area contributed by atoms with Gasteiger partial charge >= 0.3 is 0 Å². The molecule has 1 aromatic carbocycles. The largest absolute Gasteiger partial charge is 0.342 e. The lowest BCUT2D eigenvalue weighted by atomic mass is 10.2. The third-order valence-electron chi connectivity index (χ3n) is 1.53. The molecular formula is C8H4BrFN2O. The van der Waals surface area contributed by atoms with E-state index < -0.39 is 0 Å². The van der Waals surface area contributed by atoms with Gasteiger partial charge in [-0.3, -0.25) is 0 Å². The fraction of sp³-hybridized carbons (Fsp3) is 0. The Labute approximate surface area is 81.7 Å². The van der Waals surface area contributed by atoms with E-state index in [1.165, 1.54) is 6.07 Å². The molecule has 0 amide bonds. The predicted octanol–water partition coefficient (Wildman–Crippen LogP) is 2.64. The summed E-state index contributed by atoms with van der Waals surface area (Å²) < 4.78 is 18.5. The molecule has 0 saturated carbocycles. The Balaban J connectivity index is 2.53. The van der Waals surface area contributed by atoms with Crippen molar-refractivity contribution in [3.63, 3.8) is 0 Å². The van der Waals surface area contributed by atoms with Gasteiger partial charge in [0.15, 0.2) is 0 Å². The van der Waals surface area contributed by atoms with Gasteiger partial charge in [-0.05, 0) is 18.2 Å². The molecule has 3 nitrogen and oxygen atoms in total. The standard InChI is InChI=1S/C8H4BrFN2O/c9-5-1-2-6(7(10)3-5)8-11-4-13-12-8/h1-4H. The summed E-state index contributed by atoms with van der Waals surface area (Å²) in [5.74, 6) is -0.124. The quantitative estimate of drug-likeness (QED) is 0.772. The van der Waals surface area contributed by atoms with E-state index in [9.17, 15) is 4.39 Å². The average molecular weight is 243 g/mol. The summed E-state index contributed by atoms with van der Waals surface area (Å²) in [6.07, 6.45) is 1.16. The van der Waals surface area contributed by atoms with Gasteiger partial charge in [0.1, 0.15) is 5.82 Å². The van der Waals surface area contributed by atoms with E-state index in [0.29, 0.717) is 10.0 Å². The fourth-order valence-electron chi connectivity index (χ4n) is 0.960. The molecule has 13 heavy (non-hydrogen) atoms. The third-order valence-corrected chi connectivity index (χ3v) is 2.03. The lowest BCUT2D eigenvalue weighted by molar-refractivity contribution is 0.418. The van der Waals surface area contributed by atoms with Crippen molar-refractivity contribution in [2.45, 2.75) is 0 Å². The number of hydrogen-bond acceptors (Lipinski definition) is 3. The molecule has 0 aliphatic carbocycles. The number of rotatable bonds is 1. The lowest BCUT2D eigenvalue weighted by Crippen LogP contribution is -1.85. The fourth-order valence-corrected chi connectivity index (χ4v) is 1.29. The minimum atomic E-state index is -0.379. The molecule has 0 fully saturated rings. The molecule has 0 atom stereocenters. The van der Waals surface area contributed by atoms with Gasteiger partial charge in [0.05, 0.1) is 5.56 Å². The second-order valence-corrected chi connectivity index (χ2v) is 3.29. The summed E-state index contributed by atoms with van der Waals surface area (Å²) in [5, 5.41) is 3.54. The van der Waals surface area contributed by atoms with Crippen molar-refractivity contribution in [3.8, 4) is 11.4 Å². The van der Waals surface area contributed by atoms with Crippen molar-refractivity contribution in [2.24, 2.45) is 0 Å². The van der Waals surface area contributed by atoms with Crippen LogP contribution in [0.5, 0.6) is 0 Å². The minimum absolute atomic E-state index is 0.255. The Kier molecular flexibility index (Phi) is 2.10. The molecule has 0 saturated heterocycles. The van der Waals surface area contributed by atoms with Crippen LogP contribution in [0.3, 0.4) is 0 Å². The summed E-state index contributed by atoms with van der Waals surface area (Å²) in [6, 6.07) is 4.66. The molecule has 0 spiro atoms. The summed E-state index contributed by atoms with van der Waals surface area (Å²) in [7, 11) is 0. The average Bonchev–Trinajstić information content (AvgIpc) is 2.56. The third kappa shape index (κ3) is 1.60. The molecule has 0 aliphatic rings. The van der Waals surface area contributed by atoms with Crippen molar-refractivity contribution in [1.82, 2.24) is 10.1 Å². The zero-order chi connectivity index (χ0) is 9.26. The molecule has 0 N–H and O–H groups in total. The van der Waals surface area contributed by atoms with Gasteiger partial charge in [0.25, 0.3) is 0 Å². The normalized spacial score (nSPS) is 10.3. The molecule has 0 radical (unpaired) electrons. The Morgan fingerprint density at radius 1 is 1.38 bits per heavy atom. The van der Waals surface area contributed by atoms with Gasteiger partial charge in [-0.15, -0.1) is 0 Å². The second kappa shape index (κ2) is 3.26. The first kappa shape index (κ1) is 8.37. The van der Waals surface area contributed by atoms with E-state index in [2.05, 4.69) is 30.6 Å². The smallest absolute Gasteiger partial charge is 0.214 e. The van der Waals surface area contributed by atoms with Gasteiger partial charge in [0.2, 0.25) is 12.2 Å². The zero-order valence-corrected chi connectivity index (χ0v) is 7.95. The van der Waals surface area contributed by atoms with Gasteiger partial charge in [-0.2, -0.15) is 4.98 Å². The first-order valence-corrected chi connectivity index (χ1v) is 4.28. The molecule has 0 unspecified atom stereocenters. The van der Waals surface area contributed by atoms with E-state index in [1.807, 2.05) is 0 Å². The van der Waals surface area contributed by atoms with Crippen molar-refractivity contribution in [1.29, 1.82) is 0 Å². The minimum Gasteiger partial charge on any atom is -0.342 e. The lowest BCUT2D eigenvalue weighted by Gasteiger charge is -1.96. The van der Waals surface area contributed by atoms with Crippen LogP contribution in [-0.4, -0.2) is 10.1 Å². The highest BCUT2D eigenvalue weighted by Gasteiger charge is 2.08. The molecule has 0 bridgehead atoms. The zero-order valence-electron chi connectivity index (χ0n) is 6.37. The topological polar surface area (TPSA) is 38.9 Å². The monoisotopic (exact) mass is 242 g/mol. The van der Waals surface area contributed by atoms with E-state index in [-0.39, 0.29) is 11.6 Å². The van der Waals surface area contributed by atoms with Crippen molar-refractivity contribution in [2.75, 3.05) is 0 Å². The maximum Gasteiger partial charge on any atom is 0.214 e. The highest BCUT2D eigenvalue weighted by atomic mass is 79.9. The SMILES string of the molecule is Fc1cc(Br)ccc1-c1ncon1. The van der Waals surface area contributed by atoms with Crippen molar-refractivity contribution in [3.05, 3.63) is 34.9 Å². The maximum absolute atomic E-state index is 13.3. The molecule has 5 heteroatoms. The van der Waals surface area contributed by atoms with E-state index in [1.54, 1.807) is 12.1 Å². The van der Waals surface area contributed by atoms with E-state index >= 15 is 0 Å². The summed E-state index contributed by atoms with van der Waals surface area (Å²) in [4.78, 5) is 3.74. The van der Waals surface area contributed by atoms with Crippen LogP contribution in [0.1, 0.15) is 0 Å². The Morgan fingerprint density at radius 2 is 2.23 bits per heavy atom. The van der Waals surface area contributed by atoms with Crippen LogP contribution < -0.4 is 0 Å². The highest BCUT2D eigenvalue weighted by molar-refractivity contribution is 9.10. The van der Waals surface area contributed by atoms with Gasteiger partial charge in [-0.25, -0.2) is 4.39 Å². The number of hydrogen-bond donors (Lipinski definition) is 0. The van der Waals surface area contributed by atoms with Crippen molar-refractivity contribution < 1.29 is 8.91 Å². The number of benzene rings is 1. The predicted molar refractivity (Wildman–Crippen MR) is 47.4 cm³/mol. The molecule has 0 aliphatic heterocycles.